The van der Waals surface area contributed by atoms with Gasteiger partial charge in [-0.25, -0.2) is 4.79 Å². The van der Waals surface area contributed by atoms with E-state index in [4.69, 9.17) is 39.9 Å². The van der Waals surface area contributed by atoms with Crippen LogP contribution in [-0.4, -0.2) is 27.8 Å². The second-order valence-corrected chi connectivity index (χ2v) is 4.95. The van der Waals surface area contributed by atoms with Gasteiger partial charge in [0.1, 0.15) is 0 Å². The van der Waals surface area contributed by atoms with E-state index in [1.165, 1.54) is 0 Å². The topological polar surface area (TPSA) is 58.6 Å². The fraction of sp³-hybridized carbons (Fsp3) is 0.857. The first-order valence-electron chi connectivity index (χ1n) is 4.06. The molecule has 0 aromatic heterocycles. The molecule has 0 saturated heterocycles. The van der Waals surface area contributed by atoms with Crippen molar-refractivity contribution in [2.75, 3.05) is 6.61 Å². The summed E-state index contributed by atoms with van der Waals surface area (Å²) >= 11 is 15.9. The molecule has 0 aliphatic rings. The predicted octanol–water partition coefficient (Wildman–Crippen LogP) is 2.20. The van der Waals surface area contributed by atoms with Gasteiger partial charge in [0.05, 0.1) is 6.61 Å². The fourth-order valence-electron chi connectivity index (χ4n) is 0.544. The van der Waals surface area contributed by atoms with Crippen LogP contribution in [0.15, 0.2) is 0 Å². The van der Waals surface area contributed by atoms with Crippen LogP contribution in [0.25, 0.3) is 0 Å². The van der Waals surface area contributed by atoms with Gasteiger partial charge in [-0.1, -0.05) is 48.1 Å². The molecule has 7 heteroatoms. The first kappa shape index (κ1) is 14.1. The summed E-state index contributed by atoms with van der Waals surface area (Å²) < 4.78 is 2.71. The van der Waals surface area contributed by atoms with E-state index in [1.807, 2.05) is 12.2 Å². The van der Waals surface area contributed by atoms with Crippen molar-refractivity contribution in [3.05, 3.63) is 0 Å². The van der Waals surface area contributed by atoms with Crippen molar-refractivity contribution in [3.63, 3.8) is 0 Å². The number of alkyl halides is 3. The second kappa shape index (κ2) is 6.56. The number of aliphatic hydroxyl groups excluding tert-OH is 1. The number of hydrogen-bond acceptors (Lipinski definition) is 3. The maximum atomic E-state index is 10.9. The quantitative estimate of drug-likeness (QED) is 0.465. The van der Waals surface area contributed by atoms with Crippen LogP contribution in [0.2, 0.25) is 0 Å². The Hall–Kier alpha value is 0.1000. The van der Waals surface area contributed by atoms with Crippen LogP contribution in [0, 0.1) is 0 Å². The van der Waals surface area contributed by atoms with Crippen LogP contribution >= 0.6 is 34.8 Å². The Morgan fingerprint density at radius 2 is 2.14 bits per heavy atom. The average Bonchev–Trinajstić information content (AvgIpc) is 2.03. The highest BCUT2D eigenvalue weighted by atomic mass is 35.6. The number of alkyl carbamates (subject to hydrolysis) is 1. The number of rotatable bonds is 4. The minimum absolute atomic E-state index is 0.273. The molecule has 4 nitrogen and oxygen atoms in total. The van der Waals surface area contributed by atoms with Crippen molar-refractivity contribution in [2.45, 2.75) is 29.8 Å². The summed E-state index contributed by atoms with van der Waals surface area (Å²) in [5.41, 5.74) is 0. The lowest BCUT2D eigenvalue weighted by Crippen LogP contribution is -2.43. The highest BCUT2D eigenvalue weighted by molar-refractivity contribution is 6.68. The molecule has 0 aliphatic heterocycles. The van der Waals surface area contributed by atoms with Gasteiger partial charge in [-0.15, -0.1) is 0 Å². The van der Waals surface area contributed by atoms with Crippen LogP contribution in [0.1, 0.15) is 19.8 Å². The van der Waals surface area contributed by atoms with E-state index in [1.54, 1.807) is 0 Å². The Labute approximate surface area is 97.5 Å². The number of amides is 1. The lowest BCUT2D eigenvalue weighted by Gasteiger charge is -2.19. The first-order chi connectivity index (χ1) is 6.38. The smallest absolute Gasteiger partial charge is 0.409 e. The van der Waals surface area contributed by atoms with Gasteiger partial charge < -0.3 is 9.84 Å². The number of aliphatic hydroxyl groups is 1. The summed E-state index contributed by atoms with van der Waals surface area (Å²) in [7, 11) is 0. The largest absolute Gasteiger partial charge is 0.450 e. The summed E-state index contributed by atoms with van der Waals surface area (Å²) in [6.07, 6.45) is -0.740. The molecule has 0 saturated carbocycles. The third-order valence-electron chi connectivity index (χ3n) is 1.30. The molecule has 0 unspecified atom stereocenters. The fourth-order valence-corrected chi connectivity index (χ4v) is 0.708. The number of ether oxygens (including phenoxy) is 1. The van der Waals surface area contributed by atoms with Crippen LogP contribution in [0.5, 0.6) is 0 Å². The van der Waals surface area contributed by atoms with E-state index in [9.17, 15) is 4.79 Å². The molecule has 0 fully saturated rings. The molecule has 84 valence electrons. The third-order valence-corrected chi connectivity index (χ3v) is 1.92. The zero-order valence-corrected chi connectivity index (χ0v) is 9.86. The number of halogens is 3. The van der Waals surface area contributed by atoms with Crippen molar-refractivity contribution in [2.24, 2.45) is 0 Å². The molecule has 0 aliphatic carbocycles. The molecule has 2 N–H and O–H groups in total. The Kier molecular flexibility index (Phi) is 6.61. The van der Waals surface area contributed by atoms with Crippen LogP contribution < -0.4 is 5.32 Å². The molecule has 0 heterocycles. The van der Waals surface area contributed by atoms with Gasteiger partial charge in [-0.3, -0.25) is 5.32 Å². The van der Waals surface area contributed by atoms with Gasteiger partial charge in [-0.2, -0.15) is 0 Å². The molecule has 0 spiro atoms. The summed E-state index contributed by atoms with van der Waals surface area (Å²) in [6.45, 7) is 2.23. The van der Waals surface area contributed by atoms with E-state index < -0.39 is 16.1 Å². The standard InChI is InChI=1S/C7H12Cl3NO3/c1-2-3-4-14-6(13)11-5(12)7(8,9)10/h5,12H,2-4H2,1H3,(H,11,13)/t5-/m0/s1. The number of unbranched alkanes of at least 4 members (excludes halogenated alkanes) is 1. The van der Waals surface area contributed by atoms with Gasteiger partial charge in [0, 0.05) is 0 Å². The lowest BCUT2D eigenvalue weighted by molar-refractivity contribution is 0.0996. The van der Waals surface area contributed by atoms with Gasteiger partial charge in [0.25, 0.3) is 0 Å². The Bertz CT molecular complexity index is 184. The minimum Gasteiger partial charge on any atom is -0.450 e. The molecule has 1 atom stereocenters. The summed E-state index contributed by atoms with van der Waals surface area (Å²) in [5, 5.41) is 11.1. The normalized spacial score (nSPS) is 13.5. The van der Waals surface area contributed by atoms with E-state index in [0.717, 1.165) is 12.8 Å². The second-order valence-electron chi connectivity index (χ2n) is 2.58. The molecule has 0 radical (unpaired) electrons. The van der Waals surface area contributed by atoms with Gasteiger partial charge in [0.15, 0.2) is 6.23 Å². The number of nitrogens with one attached hydrogen (secondary N) is 1. The van der Waals surface area contributed by atoms with E-state index in [2.05, 4.69) is 4.74 Å². The molecular weight excluding hydrogens is 252 g/mol. The Balaban J connectivity index is 3.72. The SMILES string of the molecule is CCCCOC(=O)N[C@@H](O)C(Cl)(Cl)Cl. The molecule has 1 amide bonds. The predicted molar refractivity (Wildman–Crippen MR) is 55.7 cm³/mol. The zero-order chi connectivity index (χ0) is 11.2. The molecule has 14 heavy (non-hydrogen) atoms. The zero-order valence-electron chi connectivity index (χ0n) is 7.60. The highest BCUT2D eigenvalue weighted by Gasteiger charge is 2.32. The van der Waals surface area contributed by atoms with Crippen LogP contribution in [-0.2, 0) is 4.74 Å². The summed E-state index contributed by atoms with van der Waals surface area (Å²) in [5.74, 6) is 0. The van der Waals surface area contributed by atoms with E-state index in [0.29, 0.717) is 0 Å². The van der Waals surface area contributed by atoms with E-state index >= 15 is 0 Å². The summed E-state index contributed by atoms with van der Waals surface area (Å²) in [4.78, 5) is 10.9. The molecule has 0 aromatic rings. The Morgan fingerprint density at radius 3 is 2.57 bits per heavy atom. The van der Waals surface area contributed by atoms with Crippen LogP contribution in [0.3, 0.4) is 0 Å². The Morgan fingerprint density at radius 1 is 1.57 bits per heavy atom. The monoisotopic (exact) mass is 263 g/mol. The highest BCUT2D eigenvalue weighted by Crippen LogP contribution is 2.28. The number of carbonyl (C=O) groups is 1. The van der Waals surface area contributed by atoms with Crippen molar-refractivity contribution < 1.29 is 14.6 Å². The van der Waals surface area contributed by atoms with Gasteiger partial charge in [0.2, 0.25) is 3.79 Å². The molecule has 0 aromatic carbocycles. The maximum Gasteiger partial charge on any atom is 0.409 e. The third kappa shape index (κ3) is 6.54. The van der Waals surface area contributed by atoms with Gasteiger partial charge in [-0.05, 0) is 6.42 Å². The van der Waals surface area contributed by atoms with Gasteiger partial charge >= 0.3 is 6.09 Å². The first-order valence-corrected chi connectivity index (χ1v) is 5.19. The van der Waals surface area contributed by atoms with Crippen molar-refractivity contribution >= 4 is 40.9 Å². The lowest BCUT2D eigenvalue weighted by atomic mass is 10.4. The average molecular weight is 265 g/mol. The number of carbonyl (C=O) groups excluding carboxylic acids is 1. The molecule has 0 bridgehead atoms. The van der Waals surface area contributed by atoms with Crippen molar-refractivity contribution in [1.82, 2.24) is 5.32 Å². The van der Waals surface area contributed by atoms with Crippen molar-refractivity contribution in [3.8, 4) is 0 Å². The molecular formula is C7H12Cl3NO3. The minimum atomic E-state index is -1.95. The van der Waals surface area contributed by atoms with E-state index in [-0.39, 0.29) is 6.61 Å². The maximum absolute atomic E-state index is 10.9. The van der Waals surface area contributed by atoms with Crippen LogP contribution in [0.4, 0.5) is 4.79 Å². The van der Waals surface area contributed by atoms with Crippen molar-refractivity contribution in [1.29, 1.82) is 0 Å². The molecule has 0 rings (SSSR count). The number of hydrogen-bond donors (Lipinski definition) is 2. The summed E-state index contributed by atoms with van der Waals surface area (Å²) in [6, 6.07) is 0.